The Kier molecular flexibility index (Phi) is 7.42. The number of anilines is 2. The van der Waals surface area contributed by atoms with Gasteiger partial charge < -0.3 is 16.0 Å². The van der Waals surface area contributed by atoms with Gasteiger partial charge >= 0.3 is 6.03 Å². The van der Waals surface area contributed by atoms with Crippen LogP contribution >= 0.6 is 11.6 Å². The number of nitrogens with one attached hydrogen (secondary N) is 3. The number of halogens is 1. The Balaban J connectivity index is 1.72. The fraction of sp³-hybridized carbons (Fsp3) is 0.154. The first kappa shape index (κ1) is 24.0. The molecule has 3 aromatic carbocycles. The van der Waals surface area contributed by atoms with Crippen molar-refractivity contribution in [1.29, 1.82) is 0 Å². The summed E-state index contributed by atoms with van der Waals surface area (Å²) in [7, 11) is 0. The predicted octanol–water partition coefficient (Wildman–Crippen LogP) is 3.81. The summed E-state index contributed by atoms with van der Waals surface area (Å²) in [4.78, 5) is 44.9. The zero-order valence-corrected chi connectivity index (χ0v) is 19.8. The maximum Gasteiger partial charge on any atom is 0.321 e. The van der Waals surface area contributed by atoms with Crippen molar-refractivity contribution < 1.29 is 14.4 Å². The lowest BCUT2D eigenvalue weighted by molar-refractivity contribution is -0.124. The molecular weight excluding hydrogens is 466 g/mol. The molecule has 3 N–H and O–H groups in total. The van der Waals surface area contributed by atoms with E-state index < -0.39 is 18.1 Å². The van der Waals surface area contributed by atoms with Crippen LogP contribution in [-0.2, 0) is 9.59 Å². The summed E-state index contributed by atoms with van der Waals surface area (Å²) in [6.45, 7) is 2.02. The Morgan fingerprint density at radius 1 is 0.971 bits per heavy atom. The average Bonchev–Trinajstić information content (AvgIpc) is 2.97. The summed E-state index contributed by atoms with van der Waals surface area (Å²) in [5, 5.41) is 8.58. The van der Waals surface area contributed by atoms with E-state index in [4.69, 9.17) is 11.6 Å². The minimum Gasteiger partial charge on any atom is -0.355 e. The van der Waals surface area contributed by atoms with Gasteiger partial charge in [-0.15, -0.1) is 0 Å². The number of benzene rings is 3. The summed E-state index contributed by atoms with van der Waals surface area (Å²) in [5.41, 5.74) is 3.03. The van der Waals surface area contributed by atoms with Gasteiger partial charge in [-0.05, 0) is 37.3 Å². The van der Waals surface area contributed by atoms with Gasteiger partial charge in [0.05, 0.1) is 11.4 Å². The van der Waals surface area contributed by atoms with Crippen LogP contribution in [0.15, 0.2) is 83.9 Å². The number of rotatable bonds is 6. The van der Waals surface area contributed by atoms with Crippen LogP contribution in [0.2, 0.25) is 5.02 Å². The van der Waals surface area contributed by atoms with E-state index >= 15 is 0 Å². The molecule has 3 aromatic rings. The van der Waals surface area contributed by atoms with Crippen LogP contribution in [-0.4, -0.2) is 42.8 Å². The molecule has 1 aliphatic rings. The quantitative estimate of drug-likeness (QED) is 0.490. The Bertz CT molecular complexity index is 1260. The molecule has 1 aliphatic heterocycles. The van der Waals surface area contributed by atoms with Crippen LogP contribution < -0.4 is 20.9 Å². The van der Waals surface area contributed by atoms with E-state index in [1.807, 2.05) is 42.5 Å². The molecular formula is C26H24ClN5O3. The lowest BCUT2D eigenvalue weighted by Crippen LogP contribution is -2.51. The third-order valence-electron chi connectivity index (χ3n) is 5.30. The molecule has 9 heteroatoms. The molecule has 0 aliphatic carbocycles. The molecule has 35 heavy (non-hydrogen) atoms. The van der Waals surface area contributed by atoms with Crippen molar-refractivity contribution in [2.75, 3.05) is 23.3 Å². The summed E-state index contributed by atoms with van der Waals surface area (Å²) >= 11 is 5.91. The highest BCUT2D eigenvalue weighted by molar-refractivity contribution is 6.30. The number of amides is 4. The molecule has 0 saturated carbocycles. The zero-order valence-electron chi connectivity index (χ0n) is 19.0. The third-order valence-corrected chi connectivity index (χ3v) is 5.55. The number of urea groups is 1. The Labute approximate surface area is 208 Å². The second-order valence-corrected chi connectivity index (χ2v) is 8.18. The predicted molar refractivity (Wildman–Crippen MR) is 137 cm³/mol. The fourth-order valence-electron chi connectivity index (χ4n) is 3.73. The molecule has 1 unspecified atom stereocenters. The molecule has 0 aromatic heterocycles. The highest BCUT2D eigenvalue weighted by Gasteiger charge is 2.34. The van der Waals surface area contributed by atoms with Gasteiger partial charge in [-0.1, -0.05) is 60.1 Å². The van der Waals surface area contributed by atoms with Gasteiger partial charge in [0.2, 0.25) is 12.1 Å². The number of aliphatic imine (C=N–C) groups is 1. The van der Waals surface area contributed by atoms with E-state index in [9.17, 15) is 14.4 Å². The van der Waals surface area contributed by atoms with Crippen LogP contribution in [0.4, 0.5) is 16.2 Å². The van der Waals surface area contributed by atoms with Crippen molar-refractivity contribution in [2.24, 2.45) is 4.99 Å². The number of carbonyl (C=O) groups excluding carboxylic acids is 3. The van der Waals surface area contributed by atoms with Crippen molar-refractivity contribution in [3.05, 3.63) is 95.0 Å². The third kappa shape index (κ3) is 5.67. The van der Waals surface area contributed by atoms with Crippen molar-refractivity contribution in [2.45, 2.75) is 13.1 Å². The standard InChI is InChI=1S/C26H24ClN5O3/c1-2-28-22(33)16-32-21-11-7-6-10-20(21)23(17-8-4-3-5-9-17)30-24(25(32)34)31-26(35)29-19-14-12-18(27)13-15-19/h3-15,24H,2,16H2,1H3,(H,28,33)(H2,29,31,35). The zero-order chi connectivity index (χ0) is 24.8. The van der Waals surface area contributed by atoms with E-state index in [1.54, 1.807) is 43.3 Å². The van der Waals surface area contributed by atoms with Gasteiger partial charge in [0, 0.05) is 28.4 Å². The first-order valence-corrected chi connectivity index (χ1v) is 11.5. The first-order valence-electron chi connectivity index (χ1n) is 11.1. The number of para-hydroxylation sites is 1. The number of benzodiazepines with no additional fused rings is 1. The van der Waals surface area contributed by atoms with E-state index in [0.717, 1.165) is 5.56 Å². The molecule has 0 bridgehead atoms. The van der Waals surface area contributed by atoms with Crippen molar-refractivity contribution in [3.8, 4) is 0 Å². The average molecular weight is 490 g/mol. The smallest absolute Gasteiger partial charge is 0.321 e. The monoisotopic (exact) mass is 489 g/mol. The Hall–Kier alpha value is -4.17. The Morgan fingerprint density at radius 3 is 2.37 bits per heavy atom. The van der Waals surface area contributed by atoms with E-state index in [1.165, 1.54) is 4.90 Å². The Morgan fingerprint density at radius 2 is 1.66 bits per heavy atom. The van der Waals surface area contributed by atoms with Gasteiger partial charge in [-0.2, -0.15) is 0 Å². The van der Waals surface area contributed by atoms with Gasteiger partial charge in [0.1, 0.15) is 6.54 Å². The number of carbonyl (C=O) groups is 3. The summed E-state index contributed by atoms with van der Waals surface area (Å²) in [5.74, 6) is -0.843. The molecule has 1 atom stereocenters. The highest BCUT2D eigenvalue weighted by atomic mass is 35.5. The molecule has 178 valence electrons. The van der Waals surface area contributed by atoms with Crippen molar-refractivity contribution in [3.63, 3.8) is 0 Å². The summed E-state index contributed by atoms with van der Waals surface area (Å²) < 4.78 is 0. The largest absolute Gasteiger partial charge is 0.355 e. The normalized spacial score (nSPS) is 14.9. The van der Waals surface area contributed by atoms with Crippen LogP contribution in [0, 0.1) is 0 Å². The second-order valence-electron chi connectivity index (χ2n) is 7.75. The molecule has 4 amide bonds. The lowest BCUT2D eigenvalue weighted by atomic mass is 10.0. The molecule has 8 nitrogen and oxygen atoms in total. The van der Waals surface area contributed by atoms with E-state index in [-0.39, 0.29) is 12.5 Å². The van der Waals surface area contributed by atoms with Gasteiger partial charge in [-0.25, -0.2) is 9.79 Å². The molecule has 0 fully saturated rings. The minimum atomic E-state index is -1.26. The number of hydrogen-bond acceptors (Lipinski definition) is 4. The summed E-state index contributed by atoms with van der Waals surface area (Å²) in [6, 6.07) is 22.6. The topological polar surface area (TPSA) is 103 Å². The van der Waals surface area contributed by atoms with Crippen molar-refractivity contribution in [1.82, 2.24) is 10.6 Å². The molecule has 0 saturated heterocycles. The first-order chi connectivity index (χ1) is 17.0. The molecule has 4 rings (SSSR count). The van der Waals surface area contributed by atoms with Crippen LogP contribution in [0.25, 0.3) is 0 Å². The number of fused-ring (bicyclic) bond motifs is 1. The fourth-order valence-corrected chi connectivity index (χ4v) is 3.86. The van der Waals surface area contributed by atoms with Crippen LogP contribution in [0.3, 0.4) is 0 Å². The van der Waals surface area contributed by atoms with Gasteiger partial charge in [-0.3, -0.25) is 14.5 Å². The summed E-state index contributed by atoms with van der Waals surface area (Å²) in [6.07, 6.45) is -1.26. The van der Waals surface area contributed by atoms with E-state index in [0.29, 0.717) is 34.2 Å². The number of nitrogens with zero attached hydrogens (tertiary/aromatic N) is 2. The minimum absolute atomic E-state index is 0.210. The van der Waals surface area contributed by atoms with E-state index in [2.05, 4.69) is 20.9 Å². The van der Waals surface area contributed by atoms with Crippen LogP contribution in [0.1, 0.15) is 18.1 Å². The molecule has 0 radical (unpaired) electrons. The maximum atomic E-state index is 13.6. The maximum absolute atomic E-state index is 13.6. The SMILES string of the molecule is CCNC(=O)CN1C(=O)C(NC(=O)Nc2ccc(Cl)cc2)N=C(c2ccccc2)c2ccccc21. The van der Waals surface area contributed by atoms with Gasteiger partial charge in [0.15, 0.2) is 0 Å². The highest BCUT2D eigenvalue weighted by Crippen LogP contribution is 2.28. The number of likely N-dealkylation sites (N-methyl/N-ethyl adjacent to an activating group) is 1. The van der Waals surface area contributed by atoms with Crippen LogP contribution in [0.5, 0.6) is 0 Å². The lowest BCUT2D eigenvalue weighted by Gasteiger charge is -2.25. The molecule has 0 spiro atoms. The van der Waals surface area contributed by atoms with Gasteiger partial charge in [0.25, 0.3) is 5.91 Å². The number of hydrogen-bond donors (Lipinski definition) is 3. The molecule has 1 heterocycles. The van der Waals surface area contributed by atoms with Crippen molar-refractivity contribution >= 4 is 46.5 Å². The second kappa shape index (κ2) is 10.8.